The van der Waals surface area contributed by atoms with Crippen LogP contribution in [0.15, 0.2) is 57.5 Å². The van der Waals surface area contributed by atoms with Crippen molar-refractivity contribution in [2.24, 2.45) is 0 Å². The van der Waals surface area contributed by atoms with Gasteiger partial charge in [0.05, 0.1) is 11.7 Å². The summed E-state index contributed by atoms with van der Waals surface area (Å²) in [5.74, 6) is 0.191. The van der Waals surface area contributed by atoms with E-state index in [1.165, 1.54) is 0 Å². The van der Waals surface area contributed by atoms with Gasteiger partial charge in [-0.05, 0) is 30.3 Å². The molecule has 2 aromatic carbocycles. The summed E-state index contributed by atoms with van der Waals surface area (Å²) in [5.41, 5.74) is 3.24. The molecule has 8 heteroatoms. The van der Waals surface area contributed by atoms with Crippen molar-refractivity contribution in [2.45, 2.75) is 0 Å². The van der Waals surface area contributed by atoms with Crippen molar-refractivity contribution >= 4 is 50.3 Å². The maximum atomic E-state index is 12.3. The van der Waals surface area contributed by atoms with E-state index < -0.39 is 0 Å². The molecule has 1 N–H and O–H groups in total. The van der Waals surface area contributed by atoms with Gasteiger partial charge in [-0.2, -0.15) is 8.75 Å². The average Bonchev–Trinajstić information content (AvgIpc) is 3.24. The number of halogens is 1. The van der Waals surface area contributed by atoms with Gasteiger partial charge >= 0.3 is 0 Å². The van der Waals surface area contributed by atoms with Crippen LogP contribution in [0.1, 0.15) is 10.5 Å². The lowest BCUT2D eigenvalue weighted by Crippen LogP contribution is -2.12. The van der Waals surface area contributed by atoms with Crippen LogP contribution in [0.4, 0.5) is 5.69 Å². The fraction of sp³-hybridized carbons (Fsp3) is 0. The van der Waals surface area contributed by atoms with E-state index >= 15 is 0 Å². The second-order valence-corrected chi connectivity index (χ2v) is 6.45. The van der Waals surface area contributed by atoms with E-state index in [4.69, 9.17) is 4.52 Å². The molecule has 0 aliphatic heterocycles. The van der Waals surface area contributed by atoms with Crippen molar-refractivity contribution in [1.82, 2.24) is 13.9 Å². The molecule has 4 rings (SSSR count). The lowest BCUT2D eigenvalue weighted by molar-refractivity contribution is 0.101. The first-order valence-corrected chi connectivity index (χ1v) is 8.48. The first-order chi connectivity index (χ1) is 11.7. The average molecular weight is 401 g/mol. The summed E-state index contributed by atoms with van der Waals surface area (Å²) < 4.78 is 14.5. The summed E-state index contributed by atoms with van der Waals surface area (Å²) in [4.78, 5) is 12.3. The van der Waals surface area contributed by atoms with Crippen LogP contribution >= 0.6 is 27.7 Å². The Kier molecular flexibility index (Phi) is 3.83. The number of anilines is 1. The molecule has 0 bridgehead atoms. The molecule has 4 aromatic rings. The first-order valence-electron chi connectivity index (χ1n) is 6.95. The molecule has 2 heterocycles. The van der Waals surface area contributed by atoms with E-state index in [0.717, 1.165) is 32.8 Å². The van der Waals surface area contributed by atoms with Crippen molar-refractivity contribution in [3.63, 3.8) is 0 Å². The Hall–Kier alpha value is -2.58. The van der Waals surface area contributed by atoms with Gasteiger partial charge in [-0.3, -0.25) is 4.79 Å². The second-order valence-electron chi connectivity index (χ2n) is 5.01. The van der Waals surface area contributed by atoms with Gasteiger partial charge in [-0.1, -0.05) is 33.2 Å². The summed E-state index contributed by atoms with van der Waals surface area (Å²) in [6.07, 6.45) is 0. The number of nitrogens with zero attached hydrogens (tertiary/aromatic N) is 3. The first kappa shape index (κ1) is 15.0. The zero-order valence-electron chi connectivity index (χ0n) is 12.1. The zero-order chi connectivity index (χ0) is 16.5. The van der Waals surface area contributed by atoms with E-state index in [1.807, 2.05) is 30.3 Å². The lowest BCUT2D eigenvalue weighted by Gasteiger charge is -2.01. The van der Waals surface area contributed by atoms with Gasteiger partial charge in [0.15, 0.2) is 11.5 Å². The molecule has 0 aliphatic carbocycles. The monoisotopic (exact) mass is 400 g/mol. The van der Waals surface area contributed by atoms with Crippen molar-refractivity contribution in [1.29, 1.82) is 0 Å². The minimum atomic E-state index is -0.343. The number of hydrogen-bond donors (Lipinski definition) is 1. The Labute approximate surface area is 148 Å². The van der Waals surface area contributed by atoms with E-state index in [-0.39, 0.29) is 11.6 Å². The summed E-state index contributed by atoms with van der Waals surface area (Å²) >= 11 is 4.51. The van der Waals surface area contributed by atoms with E-state index in [2.05, 4.69) is 35.2 Å². The molecule has 0 spiro atoms. The van der Waals surface area contributed by atoms with Crippen LogP contribution in [-0.2, 0) is 0 Å². The standard InChI is InChI=1S/C16H9BrN4O2S/c17-10-3-1-9(2-4-10)15-8-14(19-23-15)16(22)18-11-5-6-12-13(7-11)21-24-20-12/h1-8H,(H,18,22). The Morgan fingerprint density at radius 3 is 2.67 bits per heavy atom. The highest BCUT2D eigenvalue weighted by Gasteiger charge is 2.14. The number of aromatic nitrogens is 3. The molecule has 118 valence electrons. The Morgan fingerprint density at radius 1 is 1.04 bits per heavy atom. The zero-order valence-corrected chi connectivity index (χ0v) is 14.5. The fourth-order valence-electron chi connectivity index (χ4n) is 2.19. The number of fused-ring (bicyclic) bond motifs is 1. The summed E-state index contributed by atoms with van der Waals surface area (Å²) in [7, 11) is 0. The molecule has 0 fully saturated rings. The van der Waals surface area contributed by atoms with E-state index in [0.29, 0.717) is 11.4 Å². The van der Waals surface area contributed by atoms with Crippen molar-refractivity contribution in [3.8, 4) is 11.3 Å². The molecule has 1 amide bonds. The van der Waals surface area contributed by atoms with Gasteiger partial charge in [0.2, 0.25) is 0 Å². The lowest BCUT2D eigenvalue weighted by atomic mass is 10.1. The number of benzene rings is 2. The van der Waals surface area contributed by atoms with Crippen LogP contribution < -0.4 is 5.32 Å². The summed E-state index contributed by atoms with van der Waals surface area (Å²) in [6, 6.07) is 14.5. The second kappa shape index (κ2) is 6.14. The van der Waals surface area contributed by atoms with Gasteiger partial charge in [0, 0.05) is 21.8 Å². The molecular formula is C16H9BrN4O2S. The molecule has 0 saturated heterocycles. The van der Waals surface area contributed by atoms with Gasteiger partial charge in [0.25, 0.3) is 5.91 Å². The quantitative estimate of drug-likeness (QED) is 0.552. The predicted molar refractivity (Wildman–Crippen MR) is 95.0 cm³/mol. The van der Waals surface area contributed by atoms with Crippen molar-refractivity contribution in [2.75, 3.05) is 5.32 Å². The highest BCUT2D eigenvalue weighted by Crippen LogP contribution is 2.23. The summed E-state index contributed by atoms with van der Waals surface area (Å²) in [5, 5.41) is 6.62. The molecule has 0 radical (unpaired) electrons. The van der Waals surface area contributed by atoms with Crippen LogP contribution in [0.2, 0.25) is 0 Å². The summed E-state index contributed by atoms with van der Waals surface area (Å²) in [6.45, 7) is 0. The Bertz CT molecular complexity index is 1030. The van der Waals surface area contributed by atoms with Crippen LogP contribution in [0, 0.1) is 0 Å². The minimum absolute atomic E-state index is 0.212. The van der Waals surface area contributed by atoms with Crippen LogP contribution in [0.5, 0.6) is 0 Å². The van der Waals surface area contributed by atoms with Crippen LogP contribution in [0.3, 0.4) is 0 Å². The number of carbonyl (C=O) groups excluding carboxylic acids is 1. The SMILES string of the molecule is O=C(Nc1ccc2nsnc2c1)c1cc(-c2ccc(Br)cc2)on1. The third-order valence-corrected chi connectivity index (χ3v) is 4.47. The van der Waals surface area contributed by atoms with Crippen molar-refractivity contribution in [3.05, 3.63) is 58.7 Å². The maximum absolute atomic E-state index is 12.3. The number of carbonyl (C=O) groups is 1. The smallest absolute Gasteiger partial charge is 0.277 e. The molecule has 0 aliphatic rings. The third-order valence-electron chi connectivity index (χ3n) is 3.38. The highest BCUT2D eigenvalue weighted by molar-refractivity contribution is 9.10. The minimum Gasteiger partial charge on any atom is -0.355 e. The van der Waals surface area contributed by atoms with E-state index in [1.54, 1.807) is 18.2 Å². The number of amides is 1. The molecule has 0 unspecified atom stereocenters. The van der Waals surface area contributed by atoms with Crippen molar-refractivity contribution < 1.29 is 9.32 Å². The maximum Gasteiger partial charge on any atom is 0.277 e. The Morgan fingerprint density at radius 2 is 1.83 bits per heavy atom. The molecule has 2 aromatic heterocycles. The van der Waals surface area contributed by atoms with Gasteiger partial charge in [0.1, 0.15) is 11.0 Å². The number of hydrogen-bond acceptors (Lipinski definition) is 6. The number of rotatable bonds is 3. The fourth-order valence-corrected chi connectivity index (χ4v) is 2.97. The van der Waals surface area contributed by atoms with Gasteiger partial charge in [-0.25, -0.2) is 0 Å². The van der Waals surface area contributed by atoms with Gasteiger partial charge < -0.3 is 9.84 Å². The normalized spacial score (nSPS) is 10.9. The van der Waals surface area contributed by atoms with Crippen LogP contribution in [0.25, 0.3) is 22.4 Å². The third kappa shape index (κ3) is 2.93. The largest absolute Gasteiger partial charge is 0.355 e. The predicted octanol–water partition coefficient (Wildman–Crippen LogP) is 4.36. The molecule has 24 heavy (non-hydrogen) atoms. The van der Waals surface area contributed by atoms with Gasteiger partial charge in [-0.15, -0.1) is 0 Å². The van der Waals surface area contributed by atoms with E-state index in [9.17, 15) is 4.79 Å². The topological polar surface area (TPSA) is 80.9 Å². The molecule has 6 nitrogen and oxygen atoms in total. The number of nitrogens with one attached hydrogen (secondary N) is 1. The molecule has 0 saturated carbocycles. The highest BCUT2D eigenvalue weighted by atomic mass is 79.9. The molecule has 0 atom stereocenters. The Balaban J connectivity index is 1.55. The molecular weight excluding hydrogens is 392 g/mol. The van der Waals surface area contributed by atoms with Crippen LogP contribution in [-0.4, -0.2) is 19.8 Å².